The van der Waals surface area contributed by atoms with E-state index in [1.165, 1.54) is 10.4 Å². The summed E-state index contributed by atoms with van der Waals surface area (Å²) in [5.74, 6) is 0. The second-order valence-corrected chi connectivity index (χ2v) is 5.84. The lowest BCUT2D eigenvalue weighted by Gasteiger charge is -2.16. The first-order valence-corrected chi connectivity index (χ1v) is 7.48. The largest absolute Gasteiger partial charge is 0.305 e. The van der Waals surface area contributed by atoms with Crippen molar-refractivity contribution in [2.45, 2.75) is 32.9 Å². The van der Waals surface area contributed by atoms with Crippen LogP contribution in [0.2, 0.25) is 5.02 Å². The predicted octanol–water partition coefficient (Wildman–Crippen LogP) is 4.95. The van der Waals surface area contributed by atoms with Crippen molar-refractivity contribution in [3.8, 4) is 0 Å². The van der Waals surface area contributed by atoms with E-state index in [4.69, 9.17) is 11.6 Å². The van der Waals surface area contributed by atoms with Gasteiger partial charge in [-0.05, 0) is 42.0 Å². The van der Waals surface area contributed by atoms with Gasteiger partial charge in [0.15, 0.2) is 0 Å². The fourth-order valence-electron chi connectivity index (χ4n) is 1.96. The van der Waals surface area contributed by atoms with E-state index >= 15 is 0 Å². The molecular formula is C15H18ClNS. The molecule has 1 N–H and O–H groups in total. The number of thiophene rings is 1. The van der Waals surface area contributed by atoms with Gasteiger partial charge in [-0.3, -0.25) is 0 Å². The van der Waals surface area contributed by atoms with Crippen molar-refractivity contribution in [3.63, 3.8) is 0 Å². The van der Waals surface area contributed by atoms with Crippen LogP contribution in [0.25, 0.3) is 0 Å². The second-order valence-electron chi connectivity index (χ2n) is 4.45. The third kappa shape index (κ3) is 3.35. The number of hydrogen-bond acceptors (Lipinski definition) is 2. The van der Waals surface area contributed by atoms with Crippen molar-refractivity contribution < 1.29 is 0 Å². The molecule has 0 aliphatic rings. The summed E-state index contributed by atoms with van der Waals surface area (Å²) >= 11 is 8.05. The highest BCUT2D eigenvalue weighted by atomic mass is 35.5. The van der Waals surface area contributed by atoms with Crippen molar-refractivity contribution in [2.75, 3.05) is 0 Å². The van der Waals surface area contributed by atoms with E-state index in [0.717, 1.165) is 23.6 Å². The van der Waals surface area contributed by atoms with Crippen LogP contribution in [0.4, 0.5) is 0 Å². The molecule has 1 atom stereocenters. The number of rotatable bonds is 5. The summed E-state index contributed by atoms with van der Waals surface area (Å²) in [6.07, 6.45) is 1.09. The Morgan fingerprint density at radius 1 is 1.33 bits per heavy atom. The van der Waals surface area contributed by atoms with Gasteiger partial charge in [-0.2, -0.15) is 0 Å². The number of nitrogens with one attached hydrogen (secondary N) is 1. The van der Waals surface area contributed by atoms with Crippen LogP contribution in [0.3, 0.4) is 0 Å². The minimum absolute atomic E-state index is 0.419. The molecule has 0 aliphatic heterocycles. The van der Waals surface area contributed by atoms with Gasteiger partial charge < -0.3 is 5.32 Å². The van der Waals surface area contributed by atoms with Crippen LogP contribution in [0, 0.1) is 6.92 Å². The molecule has 1 aromatic carbocycles. The van der Waals surface area contributed by atoms with Crippen molar-refractivity contribution >= 4 is 22.9 Å². The summed E-state index contributed by atoms with van der Waals surface area (Å²) in [5.41, 5.74) is 2.37. The molecule has 0 aliphatic carbocycles. The Bertz CT molecular complexity index is 493. The molecule has 1 nitrogen and oxygen atoms in total. The molecule has 2 rings (SSSR count). The zero-order chi connectivity index (χ0) is 13.0. The Kier molecular flexibility index (Phi) is 4.81. The Morgan fingerprint density at radius 2 is 2.17 bits per heavy atom. The van der Waals surface area contributed by atoms with Crippen molar-refractivity contribution in [2.24, 2.45) is 0 Å². The van der Waals surface area contributed by atoms with Crippen LogP contribution in [-0.2, 0) is 6.54 Å². The molecule has 0 radical (unpaired) electrons. The van der Waals surface area contributed by atoms with Gasteiger partial charge in [0.05, 0.1) is 0 Å². The average Bonchev–Trinajstić information content (AvgIpc) is 2.86. The van der Waals surface area contributed by atoms with E-state index in [1.807, 2.05) is 6.07 Å². The summed E-state index contributed by atoms with van der Waals surface area (Å²) in [4.78, 5) is 1.39. The number of aryl methyl sites for hydroxylation is 1. The lowest BCUT2D eigenvalue weighted by molar-refractivity contribution is 0.526. The van der Waals surface area contributed by atoms with Crippen LogP contribution in [0.15, 0.2) is 35.7 Å². The number of halogens is 1. The number of hydrogen-bond donors (Lipinski definition) is 1. The smallest absolute Gasteiger partial charge is 0.0453 e. The zero-order valence-electron chi connectivity index (χ0n) is 10.7. The normalized spacial score (nSPS) is 12.6. The molecule has 0 fully saturated rings. The second kappa shape index (κ2) is 6.37. The SMILES string of the molecule is CCC(NCc1ccc(C)cc1Cl)c1cccs1. The minimum atomic E-state index is 0.419. The van der Waals surface area contributed by atoms with Crippen LogP contribution in [0.5, 0.6) is 0 Å². The molecule has 0 amide bonds. The van der Waals surface area contributed by atoms with Gasteiger partial charge in [0, 0.05) is 22.5 Å². The molecule has 0 bridgehead atoms. The topological polar surface area (TPSA) is 12.0 Å². The summed E-state index contributed by atoms with van der Waals surface area (Å²) in [7, 11) is 0. The molecule has 3 heteroatoms. The van der Waals surface area contributed by atoms with Gasteiger partial charge in [-0.25, -0.2) is 0 Å². The molecule has 2 aromatic rings. The molecule has 1 unspecified atom stereocenters. The minimum Gasteiger partial charge on any atom is -0.305 e. The van der Waals surface area contributed by atoms with Crippen LogP contribution in [0.1, 0.15) is 35.4 Å². The average molecular weight is 280 g/mol. The molecule has 0 saturated heterocycles. The van der Waals surface area contributed by atoms with Gasteiger partial charge in [0.1, 0.15) is 0 Å². The monoisotopic (exact) mass is 279 g/mol. The Hall–Kier alpha value is -0.830. The molecular weight excluding hydrogens is 262 g/mol. The van der Waals surface area contributed by atoms with Gasteiger partial charge in [0.2, 0.25) is 0 Å². The van der Waals surface area contributed by atoms with Crippen LogP contribution < -0.4 is 5.32 Å². The van der Waals surface area contributed by atoms with Crippen LogP contribution >= 0.6 is 22.9 Å². The molecule has 0 saturated carbocycles. The van der Waals surface area contributed by atoms with Gasteiger partial charge in [0.25, 0.3) is 0 Å². The summed E-state index contributed by atoms with van der Waals surface area (Å²) in [6, 6.07) is 10.9. The molecule has 1 aromatic heterocycles. The maximum absolute atomic E-state index is 6.24. The molecule has 1 heterocycles. The van der Waals surface area contributed by atoms with Crippen molar-refractivity contribution in [3.05, 3.63) is 56.7 Å². The Balaban J connectivity index is 2.02. The Labute approximate surface area is 118 Å². The first-order valence-electron chi connectivity index (χ1n) is 6.22. The molecule has 18 heavy (non-hydrogen) atoms. The predicted molar refractivity (Wildman–Crippen MR) is 80.4 cm³/mol. The van der Waals surface area contributed by atoms with Gasteiger partial charge >= 0.3 is 0 Å². The summed E-state index contributed by atoms with van der Waals surface area (Å²) < 4.78 is 0. The fraction of sp³-hybridized carbons (Fsp3) is 0.333. The van der Waals surface area contributed by atoms with E-state index < -0.39 is 0 Å². The highest BCUT2D eigenvalue weighted by Crippen LogP contribution is 2.23. The molecule has 0 spiro atoms. The Morgan fingerprint density at radius 3 is 2.78 bits per heavy atom. The van der Waals surface area contributed by atoms with Gasteiger partial charge in [-0.1, -0.05) is 36.7 Å². The van der Waals surface area contributed by atoms with Crippen molar-refractivity contribution in [1.29, 1.82) is 0 Å². The lowest BCUT2D eigenvalue weighted by Crippen LogP contribution is -2.19. The lowest BCUT2D eigenvalue weighted by atomic mass is 10.1. The third-order valence-electron chi connectivity index (χ3n) is 3.04. The summed E-state index contributed by atoms with van der Waals surface area (Å²) in [6.45, 7) is 5.08. The first-order chi connectivity index (χ1) is 8.70. The van der Waals surface area contributed by atoms with E-state index in [0.29, 0.717) is 6.04 Å². The third-order valence-corrected chi connectivity index (χ3v) is 4.38. The van der Waals surface area contributed by atoms with Crippen molar-refractivity contribution in [1.82, 2.24) is 5.32 Å². The summed E-state index contributed by atoms with van der Waals surface area (Å²) in [5, 5.41) is 6.55. The highest BCUT2D eigenvalue weighted by Gasteiger charge is 2.10. The maximum atomic E-state index is 6.24. The van der Waals surface area contributed by atoms with E-state index in [-0.39, 0.29) is 0 Å². The van der Waals surface area contributed by atoms with E-state index in [1.54, 1.807) is 11.3 Å². The van der Waals surface area contributed by atoms with E-state index in [2.05, 4.69) is 48.8 Å². The highest BCUT2D eigenvalue weighted by molar-refractivity contribution is 7.10. The van der Waals surface area contributed by atoms with Crippen LogP contribution in [-0.4, -0.2) is 0 Å². The fourth-order valence-corrected chi connectivity index (χ4v) is 3.15. The standard InChI is InChI=1S/C15H18ClNS/c1-3-14(15-5-4-8-18-15)17-10-12-7-6-11(2)9-13(12)16/h4-9,14,17H,3,10H2,1-2H3. The molecule has 96 valence electrons. The zero-order valence-corrected chi connectivity index (χ0v) is 12.3. The van der Waals surface area contributed by atoms with E-state index in [9.17, 15) is 0 Å². The number of benzene rings is 1. The first kappa shape index (κ1) is 13.6. The maximum Gasteiger partial charge on any atom is 0.0453 e. The quantitative estimate of drug-likeness (QED) is 0.816. The van der Waals surface area contributed by atoms with Gasteiger partial charge in [-0.15, -0.1) is 11.3 Å².